The van der Waals surface area contributed by atoms with Gasteiger partial charge in [-0.05, 0) is 25.3 Å². The molecule has 0 unspecified atom stereocenters. The summed E-state index contributed by atoms with van der Waals surface area (Å²) >= 11 is 0. The number of benzene rings is 1. The lowest BCUT2D eigenvalue weighted by Gasteiger charge is -2.13. The monoisotopic (exact) mass is 271 g/mol. The second-order valence-corrected chi connectivity index (χ2v) is 4.65. The highest BCUT2D eigenvalue weighted by Gasteiger charge is 2.21. The molecular formula is C14H19F2NO2. The molecule has 3 nitrogen and oxygen atoms in total. The van der Waals surface area contributed by atoms with E-state index in [0.717, 1.165) is 24.8 Å². The Kier molecular flexibility index (Phi) is 4.96. The Hall–Kier alpha value is -1.36. The molecule has 0 amide bonds. The van der Waals surface area contributed by atoms with Gasteiger partial charge in [0.2, 0.25) is 0 Å². The Morgan fingerprint density at radius 3 is 2.79 bits per heavy atom. The average Bonchev–Trinajstić information content (AvgIpc) is 3.18. The third-order valence-electron chi connectivity index (χ3n) is 2.89. The molecule has 1 aromatic carbocycles. The third kappa shape index (κ3) is 4.67. The smallest absolute Gasteiger partial charge is 0.387 e. The van der Waals surface area contributed by atoms with Crippen LogP contribution in [0.1, 0.15) is 31.7 Å². The van der Waals surface area contributed by atoms with E-state index in [-0.39, 0.29) is 5.75 Å². The van der Waals surface area contributed by atoms with Crippen LogP contribution in [0, 0.1) is 0 Å². The van der Waals surface area contributed by atoms with Gasteiger partial charge in [0.25, 0.3) is 0 Å². The number of nitrogens with one attached hydrogen (secondary N) is 1. The minimum absolute atomic E-state index is 0.191. The predicted molar refractivity (Wildman–Crippen MR) is 68.7 cm³/mol. The standard InChI is InChI=1S/C14H19F2NO2/c1-2-7-18-12-6-3-10(9-17-11-4-5-11)13(8-12)19-14(15)16/h3,6,8,11,14,17H,2,4-5,7,9H2,1H3. The van der Waals surface area contributed by atoms with Crippen LogP contribution in [-0.2, 0) is 6.54 Å². The van der Waals surface area contributed by atoms with Crippen molar-refractivity contribution in [3.8, 4) is 11.5 Å². The number of rotatable bonds is 8. The van der Waals surface area contributed by atoms with Crippen LogP contribution in [0.25, 0.3) is 0 Å². The van der Waals surface area contributed by atoms with Crippen molar-refractivity contribution in [1.29, 1.82) is 0 Å². The molecule has 0 bridgehead atoms. The molecule has 0 radical (unpaired) electrons. The zero-order valence-electron chi connectivity index (χ0n) is 11.0. The zero-order chi connectivity index (χ0) is 13.7. The largest absolute Gasteiger partial charge is 0.493 e. The van der Waals surface area contributed by atoms with Gasteiger partial charge in [-0.2, -0.15) is 8.78 Å². The van der Waals surface area contributed by atoms with Crippen molar-refractivity contribution in [2.75, 3.05) is 6.61 Å². The first kappa shape index (κ1) is 14.1. The first-order valence-electron chi connectivity index (χ1n) is 6.63. The molecule has 0 saturated heterocycles. The van der Waals surface area contributed by atoms with Crippen molar-refractivity contribution in [2.45, 2.75) is 45.4 Å². The molecule has 19 heavy (non-hydrogen) atoms. The maximum atomic E-state index is 12.4. The van der Waals surface area contributed by atoms with Crippen molar-refractivity contribution in [3.63, 3.8) is 0 Å². The van der Waals surface area contributed by atoms with E-state index in [1.165, 1.54) is 6.07 Å². The summed E-state index contributed by atoms with van der Waals surface area (Å²) in [6, 6.07) is 5.62. The van der Waals surface area contributed by atoms with Gasteiger partial charge in [-0.15, -0.1) is 0 Å². The van der Waals surface area contributed by atoms with Gasteiger partial charge >= 0.3 is 6.61 Å². The molecule has 2 rings (SSSR count). The van der Waals surface area contributed by atoms with Gasteiger partial charge in [0.15, 0.2) is 0 Å². The lowest BCUT2D eigenvalue weighted by Crippen LogP contribution is -2.16. The van der Waals surface area contributed by atoms with E-state index in [9.17, 15) is 8.78 Å². The Labute approximate surface area is 111 Å². The molecule has 1 N–H and O–H groups in total. The highest BCUT2D eigenvalue weighted by molar-refractivity contribution is 5.40. The van der Waals surface area contributed by atoms with Gasteiger partial charge in [-0.1, -0.05) is 13.0 Å². The molecule has 0 heterocycles. The number of hydrogen-bond acceptors (Lipinski definition) is 3. The average molecular weight is 271 g/mol. The summed E-state index contributed by atoms with van der Waals surface area (Å²) in [7, 11) is 0. The molecule has 1 aliphatic carbocycles. The molecule has 5 heteroatoms. The van der Waals surface area contributed by atoms with E-state index in [2.05, 4.69) is 10.1 Å². The summed E-state index contributed by atoms with van der Waals surface area (Å²) in [5.74, 6) is 0.754. The summed E-state index contributed by atoms with van der Waals surface area (Å²) in [6.45, 7) is 0.278. The SMILES string of the molecule is CCCOc1ccc(CNC2CC2)c(OC(F)F)c1. The van der Waals surface area contributed by atoms with Gasteiger partial charge in [0, 0.05) is 24.2 Å². The second kappa shape index (κ2) is 6.70. The van der Waals surface area contributed by atoms with Crippen LogP contribution in [0.3, 0.4) is 0 Å². The maximum Gasteiger partial charge on any atom is 0.387 e. The highest BCUT2D eigenvalue weighted by Crippen LogP contribution is 2.28. The Morgan fingerprint density at radius 1 is 1.37 bits per heavy atom. The van der Waals surface area contributed by atoms with Crippen LogP contribution in [0.5, 0.6) is 11.5 Å². The van der Waals surface area contributed by atoms with E-state index < -0.39 is 6.61 Å². The molecule has 1 aliphatic rings. The van der Waals surface area contributed by atoms with Crippen LogP contribution < -0.4 is 14.8 Å². The molecule has 1 fully saturated rings. The summed E-state index contributed by atoms with van der Waals surface area (Å²) in [4.78, 5) is 0. The number of alkyl halides is 2. The molecule has 1 saturated carbocycles. The molecular weight excluding hydrogens is 252 g/mol. The summed E-state index contributed by atoms with van der Waals surface area (Å²) in [5.41, 5.74) is 0.732. The summed E-state index contributed by atoms with van der Waals surface area (Å²) < 4.78 is 34.8. The maximum absolute atomic E-state index is 12.4. The molecule has 0 aliphatic heterocycles. The van der Waals surface area contributed by atoms with E-state index in [1.54, 1.807) is 12.1 Å². The molecule has 106 valence electrons. The van der Waals surface area contributed by atoms with Gasteiger partial charge in [0.1, 0.15) is 11.5 Å². The van der Waals surface area contributed by atoms with Gasteiger partial charge in [0.05, 0.1) is 6.61 Å². The zero-order valence-corrected chi connectivity index (χ0v) is 11.0. The summed E-state index contributed by atoms with van der Waals surface area (Å²) in [6.07, 6.45) is 3.18. The fourth-order valence-electron chi connectivity index (χ4n) is 1.74. The topological polar surface area (TPSA) is 30.5 Å². The quantitative estimate of drug-likeness (QED) is 0.786. The van der Waals surface area contributed by atoms with Crippen molar-refractivity contribution in [3.05, 3.63) is 23.8 Å². The van der Waals surface area contributed by atoms with Crippen LogP contribution in [0.15, 0.2) is 18.2 Å². The fourth-order valence-corrected chi connectivity index (χ4v) is 1.74. The normalized spacial score (nSPS) is 14.7. The fraction of sp³-hybridized carbons (Fsp3) is 0.571. The van der Waals surface area contributed by atoms with E-state index in [1.807, 2.05) is 6.92 Å². The van der Waals surface area contributed by atoms with Crippen molar-refractivity contribution in [2.24, 2.45) is 0 Å². The van der Waals surface area contributed by atoms with Crippen LogP contribution >= 0.6 is 0 Å². The van der Waals surface area contributed by atoms with Gasteiger partial charge < -0.3 is 14.8 Å². The first-order valence-corrected chi connectivity index (χ1v) is 6.63. The Morgan fingerprint density at radius 2 is 2.16 bits per heavy atom. The van der Waals surface area contributed by atoms with E-state index >= 15 is 0 Å². The van der Waals surface area contributed by atoms with E-state index in [4.69, 9.17) is 4.74 Å². The second-order valence-electron chi connectivity index (χ2n) is 4.65. The Bertz CT molecular complexity index is 408. The molecule has 0 aromatic heterocycles. The van der Waals surface area contributed by atoms with Crippen molar-refractivity contribution < 1.29 is 18.3 Å². The molecule has 0 spiro atoms. The van der Waals surface area contributed by atoms with Gasteiger partial charge in [-0.25, -0.2) is 0 Å². The minimum Gasteiger partial charge on any atom is -0.493 e. The lowest BCUT2D eigenvalue weighted by atomic mass is 10.2. The number of hydrogen-bond donors (Lipinski definition) is 1. The predicted octanol–water partition coefficient (Wildman–Crippen LogP) is 3.33. The van der Waals surface area contributed by atoms with Crippen molar-refractivity contribution >= 4 is 0 Å². The van der Waals surface area contributed by atoms with Crippen molar-refractivity contribution in [1.82, 2.24) is 5.32 Å². The molecule has 0 atom stereocenters. The number of ether oxygens (including phenoxy) is 2. The van der Waals surface area contributed by atoms with E-state index in [0.29, 0.717) is 24.9 Å². The minimum atomic E-state index is -2.82. The first-order chi connectivity index (χ1) is 9.19. The van der Waals surface area contributed by atoms with Crippen LogP contribution in [-0.4, -0.2) is 19.3 Å². The highest BCUT2D eigenvalue weighted by atomic mass is 19.3. The molecule has 1 aromatic rings. The Balaban J connectivity index is 2.05. The third-order valence-corrected chi connectivity index (χ3v) is 2.89. The van der Waals surface area contributed by atoms with Crippen LogP contribution in [0.4, 0.5) is 8.78 Å². The number of halogens is 2. The van der Waals surface area contributed by atoms with Crippen LogP contribution in [0.2, 0.25) is 0 Å². The lowest BCUT2D eigenvalue weighted by molar-refractivity contribution is -0.0506. The summed E-state index contributed by atoms with van der Waals surface area (Å²) in [5, 5.41) is 3.28. The van der Waals surface area contributed by atoms with Gasteiger partial charge in [-0.3, -0.25) is 0 Å².